The Labute approximate surface area is 158 Å². The molecule has 0 spiro atoms. The Morgan fingerprint density at radius 1 is 1.22 bits per heavy atom. The number of rotatable bonds is 7. The number of hydrogen-bond donors (Lipinski definition) is 1. The van der Waals surface area contributed by atoms with Crippen LogP contribution in [0.3, 0.4) is 0 Å². The second kappa shape index (κ2) is 8.05. The standard InChI is InChI=1S/C21H25FN2O3/c1-14-12-18(20(25)13-23-10-3-4-19(23)21(26)27)15(2)24(14)11-9-16-5-7-17(22)8-6-16/h5-8,12,19H,3-4,9-11,13H2,1-2H3,(H,26,27)/t19-/m0/s1. The highest BCUT2D eigenvalue weighted by atomic mass is 19.1. The smallest absolute Gasteiger partial charge is 0.320 e. The number of likely N-dealkylation sites (tertiary alicyclic amines) is 1. The van der Waals surface area contributed by atoms with Crippen molar-refractivity contribution in [3.63, 3.8) is 0 Å². The SMILES string of the molecule is Cc1cc(C(=O)CN2CCC[C@H]2C(=O)O)c(C)n1CCc1ccc(F)cc1. The van der Waals surface area contributed by atoms with Gasteiger partial charge in [0, 0.05) is 23.5 Å². The average Bonchev–Trinajstić information content (AvgIpc) is 3.19. The fourth-order valence-corrected chi connectivity index (χ4v) is 3.88. The number of hydrogen-bond acceptors (Lipinski definition) is 3. The van der Waals surface area contributed by atoms with Crippen molar-refractivity contribution in [2.75, 3.05) is 13.1 Å². The highest BCUT2D eigenvalue weighted by molar-refractivity contribution is 5.99. The molecule has 144 valence electrons. The molecule has 1 saturated heterocycles. The molecule has 1 aromatic carbocycles. The van der Waals surface area contributed by atoms with Gasteiger partial charge in [-0.2, -0.15) is 0 Å². The van der Waals surface area contributed by atoms with Crippen molar-refractivity contribution in [1.82, 2.24) is 9.47 Å². The van der Waals surface area contributed by atoms with E-state index in [0.29, 0.717) is 25.1 Å². The second-order valence-electron chi connectivity index (χ2n) is 7.20. The van der Waals surface area contributed by atoms with Gasteiger partial charge in [0.1, 0.15) is 11.9 Å². The number of aryl methyl sites for hydroxylation is 2. The highest BCUT2D eigenvalue weighted by Crippen LogP contribution is 2.21. The molecule has 2 heterocycles. The third kappa shape index (κ3) is 4.27. The number of carboxylic acid groups (broad SMARTS) is 1. The van der Waals surface area contributed by atoms with E-state index >= 15 is 0 Å². The zero-order valence-corrected chi connectivity index (χ0v) is 15.7. The fraction of sp³-hybridized carbons (Fsp3) is 0.429. The van der Waals surface area contributed by atoms with E-state index in [1.807, 2.05) is 19.9 Å². The van der Waals surface area contributed by atoms with Gasteiger partial charge in [-0.3, -0.25) is 14.5 Å². The monoisotopic (exact) mass is 372 g/mol. The van der Waals surface area contributed by atoms with Crippen LogP contribution in [0.4, 0.5) is 4.39 Å². The normalized spacial score (nSPS) is 17.4. The molecule has 1 fully saturated rings. The van der Waals surface area contributed by atoms with E-state index in [1.165, 1.54) is 12.1 Å². The Morgan fingerprint density at radius 2 is 1.93 bits per heavy atom. The molecular formula is C21H25FN2O3. The van der Waals surface area contributed by atoms with Crippen molar-refractivity contribution in [1.29, 1.82) is 0 Å². The molecule has 1 atom stereocenters. The fourth-order valence-electron chi connectivity index (χ4n) is 3.88. The first-order valence-corrected chi connectivity index (χ1v) is 9.28. The zero-order valence-electron chi connectivity index (χ0n) is 15.7. The number of carbonyl (C=O) groups excluding carboxylic acids is 1. The van der Waals surface area contributed by atoms with E-state index in [9.17, 15) is 19.1 Å². The highest BCUT2D eigenvalue weighted by Gasteiger charge is 2.32. The van der Waals surface area contributed by atoms with Crippen molar-refractivity contribution < 1.29 is 19.1 Å². The number of carbonyl (C=O) groups is 2. The summed E-state index contributed by atoms with van der Waals surface area (Å²) in [4.78, 5) is 25.9. The van der Waals surface area contributed by atoms with Crippen molar-refractivity contribution in [3.05, 3.63) is 58.7 Å². The summed E-state index contributed by atoms with van der Waals surface area (Å²) < 4.78 is 15.1. The molecule has 6 heteroatoms. The van der Waals surface area contributed by atoms with Crippen molar-refractivity contribution in [2.24, 2.45) is 0 Å². The van der Waals surface area contributed by atoms with Gasteiger partial charge in [0.15, 0.2) is 5.78 Å². The quantitative estimate of drug-likeness (QED) is 0.758. The Kier molecular flexibility index (Phi) is 5.75. The number of nitrogens with zero attached hydrogens (tertiary/aromatic N) is 2. The van der Waals surface area contributed by atoms with Gasteiger partial charge in [0.25, 0.3) is 0 Å². The predicted molar refractivity (Wildman–Crippen MR) is 101 cm³/mol. The lowest BCUT2D eigenvalue weighted by atomic mass is 10.1. The maximum absolute atomic E-state index is 13.0. The van der Waals surface area contributed by atoms with Gasteiger partial charge in [0.2, 0.25) is 0 Å². The summed E-state index contributed by atoms with van der Waals surface area (Å²) in [7, 11) is 0. The summed E-state index contributed by atoms with van der Waals surface area (Å²) in [6.45, 7) is 5.37. The number of aliphatic carboxylic acids is 1. The third-order valence-corrected chi connectivity index (χ3v) is 5.41. The van der Waals surface area contributed by atoms with Gasteiger partial charge < -0.3 is 9.67 Å². The van der Waals surface area contributed by atoms with Crippen molar-refractivity contribution >= 4 is 11.8 Å². The van der Waals surface area contributed by atoms with Crippen LogP contribution >= 0.6 is 0 Å². The van der Waals surface area contributed by atoms with E-state index in [-0.39, 0.29) is 18.1 Å². The lowest BCUT2D eigenvalue weighted by molar-refractivity contribution is -0.141. The molecule has 1 aliphatic rings. The van der Waals surface area contributed by atoms with Crippen LogP contribution < -0.4 is 0 Å². The van der Waals surface area contributed by atoms with Crippen LogP contribution in [0.5, 0.6) is 0 Å². The van der Waals surface area contributed by atoms with Gasteiger partial charge in [-0.05, 0) is 63.4 Å². The van der Waals surface area contributed by atoms with Crippen LogP contribution in [-0.4, -0.2) is 45.5 Å². The molecule has 0 unspecified atom stereocenters. The molecule has 0 aliphatic carbocycles. The third-order valence-electron chi connectivity index (χ3n) is 5.41. The number of benzene rings is 1. The van der Waals surface area contributed by atoms with Gasteiger partial charge >= 0.3 is 5.97 Å². The number of carboxylic acids is 1. The number of Topliss-reactive ketones (excluding diaryl/α,β-unsaturated/α-hetero) is 1. The van der Waals surface area contributed by atoms with E-state index in [4.69, 9.17) is 0 Å². The summed E-state index contributed by atoms with van der Waals surface area (Å²) in [5.74, 6) is -1.14. The lowest BCUT2D eigenvalue weighted by Crippen LogP contribution is -2.39. The lowest BCUT2D eigenvalue weighted by Gasteiger charge is -2.20. The summed E-state index contributed by atoms with van der Waals surface area (Å²) >= 11 is 0. The van der Waals surface area contributed by atoms with E-state index in [0.717, 1.165) is 29.8 Å². The van der Waals surface area contributed by atoms with E-state index in [2.05, 4.69) is 4.57 Å². The molecule has 0 amide bonds. The molecule has 27 heavy (non-hydrogen) atoms. The Morgan fingerprint density at radius 3 is 2.59 bits per heavy atom. The van der Waals surface area contributed by atoms with Gasteiger partial charge in [-0.1, -0.05) is 12.1 Å². The van der Waals surface area contributed by atoms with Crippen LogP contribution in [0.25, 0.3) is 0 Å². The molecule has 2 aromatic rings. The molecule has 0 saturated carbocycles. The number of halogens is 1. The first-order chi connectivity index (χ1) is 12.9. The average molecular weight is 372 g/mol. The molecule has 3 rings (SSSR count). The van der Waals surface area contributed by atoms with Gasteiger partial charge in [0.05, 0.1) is 6.54 Å². The summed E-state index contributed by atoms with van der Waals surface area (Å²) in [5.41, 5.74) is 3.58. The van der Waals surface area contributed by atoms with Crippen LogP contribution in [0, 0.1) is 19.7 Å². The maximum Gasteiger partial charge on any atom is 0.320 e. The van der Waals surface area contributed by atoms with Crippen LogP contribution in [0.15, 0.2) is 30.3 Å². The van der Waals surface area contributed by atoms with Crippen LogP contribution in [0.2, 0.25) is 0 Å². The summed E-state index contributed by atoms with van der Waals surface area (Å²) in [5, 5.41) is 9.28. The van der Waals surface area contributed by atoms with E-state index in [1.54, 1.807) is 17.0 Å². The molecule has 1 aromatic heterocycles. The van der Waals surface area contributed by atoms with E-state index < -0.39 is 12.0 Å². The maximum atomic E-state index is 13.0. The summed E-state index contributed by atoms with van der Waals surface area (Å²) in [6.07, 6.45) is 2.15. The van der Waals surface area contributed by atoms with Crippen molar-refractivity contribution in [3.8, 4) is 0 Å². The largest absolute Gasteiger partial charge is 0.480 e. The predicted octanol–water partition coefficient (Wildman–Crippen LogP) is 3.22. The Hall–Kier alpha value is -2.47. The van der Waals surface area contributed by atoms with Gasteiger partial charge in [-0.25, -0.2) is 4.39 Å². The minimum atomic E-state index is -0.856. The topological polar surface area (TPSA) is 62.5 Å². The minimum Gasteiger partial charge on any atom is -0.480 e. The summed E-state index contributed by atoms with van der Waals surface area (Å²) in [6, 6.07) is 7.78. The van der Waals surface area contributed by atoms with Gasteiger partial charge in [-0.15, -0.1) is 0 Å². The zero-order chi connectivity index (χ0) is 19.6. The molecule has 0 radical (unpaired) electrons. The first kappa shape index (κ1) is 19.3. The molecule has 1 aliphatic heterocycles. The minimum absolute atomic E-state index is 0.0377. The molecular weight excluding hydrogens is 347 g/mol. The van der Waals surface area contributed by atoms with Crippen LogP contribution in [-0.2, 0) is 17.8 Å². The Balaban J connectivity index is 1.70. The first-order valence-electron chi connectivity index (χ1n) is 9.28. The molecule has 0 bridgehead atoms. The number of ketones is 1. The molecule has 1 N–H and O–H groups in total. The second-order valence-corrected chi connectivity index (χ2v) is 7.20. The molecule has 5 nitrogen and oxygen atoms in total. The Bertz CT molecular complexity index is 842. The van der Waals surface area contributed by atoms with Crippen LogP contribution in [0.1, 0.15) is 40.2 Å². The van der Waals surface area contributed by atoms with Crippen molar-refractivity contribution in [2.45, 2.75) is 45.7 Å². The number of aromatic nitrogens is 1.